The molecule has 3 rings (SSSR count). The molecule has 0 aliphatic rings. The summed E-state index contributed by atoms with van der Waals surface area (Å²) in [4.78, 5) is 6.90. The number of imidazole rings is 1. The number of para-hydroxylation sites is 3. The SMILES string of the molecule is CN(C)CCn1c(COc2ccccc2)nc2ccccc21.Cl.Cl. The van der Waals surface area contributed by atoms with Crippen molar-refractivity contribution in [2.75, 3.05) is 20.6 Å². The normalized spacial score (nSPS) is 10.3. The second kappa shape index (κ2) is 9.52. The number of likely N-dealkylation sites (N-methyl/N-ethyl adjacent to an activating group) is 1. The summed E-state index contributed by atoms with van der Waals surface area (Å²) in [6, 6.07) is 18.1. The zero-order valence-electron chi connectivity index (χ0n) is 13.9. The highest BCUT2D eigenvalue weighted by molar-refractivity contribution is 5.85. The van der Waals surface area contributed by atoms with E-state index < -0.39 is 0 Å². The molecular formula is C18H23Cl2N3O. The molecule has 0 unspecified atom stereocenters. The van der Waals surface area contributed by atoms with Crippen molar-refractivity contribution >= 4 is 35.8 Å². The number of aromatic nitrogens is 2. The zero-order valence-corrected chi connectivity index (χ0v) is 15.5. The Morgan fingerprint density at radius 1 is 0.958 bits per heavy atom. The minimum absolute atomic E-state index is 0. The molecule has 0 saturated heterocycles. The molecule has 2 aromatic carbocycles. The Balaban J connectivity index is 0.00000144. The van der Waals surface area contributed by atoms with E-state index >= 15 is 0 Å². The average molecular weight is 368 g/mol. The Hall–Kier alpha value is -1.75. The van der Waals surface area contributed by atoms with Crippen molar-refractivity contribution in [3.8, 4) is 5.75 Å². The van der Waals surface area contributed by atoms with E-state index in [-0.39, 0.29) is 24.8 Å². The van der Waals surface area contributed by atoms with E-state index in [4.69, 9.17) is 9.72 Å². The fourth-order valence-electron chi connectivity index (χ4n) is 2.45. The molecule has 0 N–H and O–H groups in total. The monoisotopic (exact) mass is 367 g/mol. The van der Waals surface area contributed by atoms with Crippen LogP contribution in [0.1, 0.15) is 5.82 Å². The van der Waals surface area contributed by atoms with Gasteiger partial charge in [0.1, 0.15) is 18.2 Å². The minimum Gasteiger partial charge on any atom is -0.486 e. The molecule has 0 fully saturated rings. The smallest absolute Gasteiger partial charge is 0.148 e. The van der Waals surface area contributed by atoms with Crippen LogP contribution >= 0.6 is 24.8 Å². The number of fused-ring (bicyclic) bond motifs is 1. The summed E-state index contributed by atoms with van der Waals surface area (Å²) >= 11 is 0. The standard InChI is InChI=1S/C18H21N3O.2ClH/c1-20(2)12-13-21-17-11-7-6-10-16(17)19-18(21)14-22-15-8-4-3-5-9-15;;/h3-11H,12-14H2,1-2H3;2*1H. The van der Waals surface area contributed by atoms with Crippen molar-refractivity contribution < 1.29 is 4.74 Å². The third kappa shape index (κ3) is 4.87. The Kier molecular flexibility index (Phi) is 8.05. The van der Waals surface area contributed by atoms with E-state index in [0.29, 0.717) is 6.61 Å². The maximum Gasteiger partial charge on any atom is 0.148 e. The van der Waals surface area contributed by atoms with Gasteiger partial charge in [0.2, 0.25) is 0 Å². The summed E-state index contributed by atoms with van der Waals surface area (Å²) in [6.45, 7) is 2.35. The predicted octanol–water partition coefficient (Wildman–Crippen LogP) is 4.02. The fraction of sp³-hybridized carbons (Fsp3) is 0.278. The van der Waals surface area contributed by atoms with Gasteiger partial charge in [0.15, 0.2) is 0 Å². The minimum atomic E-state index is 0. The quantitative estimate of drug-likeness (QED) is 0.658. The third-order valence-corrected chi connectivity index (χ3v) is 3.62. The summed E-state index contributed by atoms with van der Waals surface area (Å²) in [5, 5.41) is 0. The Morgan fingerprint density at radius 3 is 2.33 bits per heavy atom. The van der Waals surface area contributed by atoms with Gasteiger partial charge < -0.3 is 14.2 Å². The van der Waals surface area contributed by atoms with E-state index in [1.807, 2.05) is 42.5 Å². The van der Waals surface area contributed by atoms with Crippen LogP contribution in [0.3, 0.4) is 0 Å². The molecule has 0 radical (unpaired) electrons. The zero-order chi connectivity index (χ0) is 15.4. The van der Waals surface area contributed by atoms with E-state index in [1.165, 1.54) is 0 Å². The highest BCUT2D eigenvalue weighted by Gasteiger charge is 2.11. The van der Waals surface area contributed by atoms with Crippen LogP contribution in [0.2, 0.25) is 0 Å². The first-order chi connectivity index (χ1) is 10.7. The van der Waals surface area contributed by atoms with Gasteiger partial charge in [-0.25, -0.2) is 4.98 Å². The molecular weight excluding hydrogens is 345 g/mol. The maximum absolute atomic E-state index is 5.87. The molecule has 6 heteroatoms. The van der Waals surface area contributed by atoms with Crippen molar-refractivity contribution in [2.24, 2.45) is 0 Å². The van der Waals surface area contributed by atoms with E-state index in [2.05, 4.69) is 35.7 Å². The molecule has 0 atom stereocenters. The Bertz CT molecular complexity index is 744. The van der Waals surface area contributed by atoms with E-state index in [1.54, 1.807) is 0 Å². The van der Waals surface area contributed by atoms with Crippen LogP contribution in [0.25, 0.3) is 11.0 Å². The molecule has 130 valence electrons. The molecule has 24 heavy (non-hydrogen) atoms. The second-order valence-electron chi connectivity index (χ2n) is 5.57. The van der Waals surface area contributed by atoms with Crippen LogP contribution in [-0.4, -0.2) is 35.1 Å². The first-order valence-electron chi connectivity index (χ1n) is 7.51. The molecule has 0 aliphatic heterocycles. The number of halogens is 2. The molecule has 1 aromatic heterocycles. The summed E-state index contributed by atoms with van der Waals surface area (Å²) in [6.07, 6.45) is 0. The summed E-state index contributed by atoms with van der Waals surface area (Å²) in [7, 11) is 4.17. The van der Waals surface area contributed by atoms with Gasteiger partial charge in [-0.2, -0.15) is 0 Å². The second-order valence-corrected chi connectivity index (χ2v) is 5.57. The molecule has 4 nitrogen and oxygen atoms in total. The lowest BCUT2D eigenvalue weighted by Gasteiger charge is -2.13. The fourth-order valence-corrected chi connectivity index (χ4v) is 2.45. The van der Waals surface area contributed by atoms with Crippen molar-refractivity contribution in [3.63, 3.8) is 0 Å². The van der Waals surface area contributed by atoms with Crippen molar-refractivity contribution in [3.05, 3.63) is 60.4 Å². The molecule has 0 saturated carbocycles. The highest BCUT2D eigenvalue weighted by Crippen LogP contribution is 2.18. The number of rotatable bonds is 6. The van der Waals surface area contributed by atoms with E-state index in [9.17, 15) is 0 Å². The number of hydrogen-bond acceptors (Lipinski definition) is 3. The van der Waals surface area contributed by atoms with Gasteiger partial charge in [0.25, 0.3) is 0 Å². The van der Waals surface area contributed by atoms with Crippen LogP contribution in [0.4, 0.5) is 0 Å². The summed E-state index contributed by atoms with van der Waals surface area (Å²) in [5.41, 5.74) is 2.18. The van der Waals surface area contributed by atoms with Crippen LogP contribution in [0.15, 0.2) is 54.6 Å². The molecule has 1 heterocycles. The first-order valence-corrected chi connectivity index (χ1v) is 7.51. The first kappa shape index (κ1) is 20.3. The lowest BCUT2D eigenvalue weighted by molar-refractivity contribution is 0.286. The van der Waals surface area contributed by atoms with Crippen molar-refractivity contribution in [1.29, 1.82) is 0 Å². The van der Waals surface area contributed by atoms with Gasteiger partial charge in [0.05, 0.1) is 11.0 Å². The van der Waals surface area contributed by atoms with Crippen molar-refractivity contribution in [1.82, 2.24) is 14.5 Å². The third-order valence-electron chi connectivity index (χ3n) is 3.62. The molecule has 0 amide bonds. The number of benzene rings is 2. The lowest BCUT2D eigenvalue weighted by atomic mass is 10.3. The van der Waals surface area contributed by atoms with Gasteiger partial charge in [-0.1, -0.05) is 30.3 Å². The number of ether oxygens (including phenoxy) is 1. The van der Waals surface area contributed by atoms with Gasteiger partial charge in [0, 0.05) is 13.1 Å². The van der Waals surface area contributed by atoms with Crippen LogP contribution < -0.4 is 4.74 Å². The maximum atomic E-state index is 5.87. The van der Waals surface area contributed by atoms with Gasteiger partial charge in [-0.3, -0.25) is 0 Å². The molecule has 3 aromatic rings. The average Bonchev–Trinajstić information content (AvgIpc) is 2.89. The Morgan fingerprint density at radius 2 is 1.62 bits per heavy atom. The summed E-state index contributed by atoms with van der Waals surface area (Å²) in [5.74, 6) is 1.83. The topological polar surface area (TPSA) is 30.3 Å². The predicted molar refractivity (Wildman–Crippen MR) is 104 cm³/mol. The van der Waals surface area contributed by atoms with Gasteiger partial charge in [-0.15, -0.1) is 24.8 Å². The van der Waals surface area contributed by atoms with Crippen LogP contribution in [0.5, 0.6) is 5.75 Å². The number of hydrogen-bond donors (Lipinski definition) is 0. The van der Waals surface area contributed by atoms with Crippen molar-refractivity contribution in [2.45, 2.75) is 13.2 Å². The lowest BCUT2D eigenvalue weighted by Crippen LogP contribution is -2.20. The van der Waals surface area contributed by atoms with Crippen LogP contribution in [-0.2, 0) is 13.2 Å². The largest absolute Gasteiger partial charge is 0.486 e. The summed E-state index contributed by atoms with van der Waals surface area (Å²) < 4.78 is 8.12. The number of nitrogens with zero attached hydrogens (tertiary/aromatic N) is 3. The molecule has 0 spiro atoms. The Labute approximate surface area is 155 Å². The molecule has 0 aliphatic carbocycles. The van der Waals surface area contributed by atoms with Crippen LogP contribution in [0, 0.1) is 0 Å². The van der Waals surface area contributed by atoms with E-state index in [0.717, 1.165) is 35.7 Å². The van der Waals surface area contributed by atoms with Gasteiger partial charge >= 0.3 is 0 Å². The molecule has 0 bridgehead atoms. The van der Waals surface area contributed by atoms with Gasteiger partial charge in [-0.05, 0) is 38.4 Å². The highest BCUT2D eigenvalue weighted by atomic mass is 35.5.